The monoisotopic (exact) mass is 175 g/mol. The number of rotatable bonds is 2. The first kappa shape index (κ1) is 8.76. The molecule has 1 aromatic rings. The van der Waals surface area contributed by atoms with Crippen molar-refractivity contribution in [1.82, 2.24) is 0 Å². The summed E-state index contributed by atoms with van der Waals surface area (Å²) in [7, 11) is 0. The van der Waals surface area contributed by atoms with E-state index in [2.05, 4.69) is 30.3 Å². The Morgan fingerprint density at radius 2 is 1.92 bits per heavy atom. The summed E-state index contributed by atoms with van der Waals surface area (Å²) in [5, 5.41) is 0. The van der Waals surface area contributed by atoms with E-state index in [1.165, 1.54) is 31.2 Å². The minimum absolute atomic E-state index is 0.445. The molecule has 0 spiro atoms. The van der Waals surface area contributed by atoms with Gasteiger partial charge in [0.25, 0.3) is 0 Å². The molecule has 13 heavy (non-hydrogen) atoms. The van der Waals surface area contributed by atoms with Crippen LogP contribution in [0.5, 0.6) is 0 Å². The Kier molecular flexibility index (Phi) is 2.65. The molecule has 0 saturated heterocycles. The Morgan fingerprint density at radius 1 is 1.15 bits per heavy atom. The smallest absolute Gasteiger partial charge is 0.00703 e. The van der Waals surface area contributed by atoms with Crippen molar-refractivity contribution in [3.63, 3.8) is 0 Å². The summed E-state index contributed by atoms with van der Waals surface area (Å²) in [4.78, 5) is 0. The maximum Gasteiger partial charge on any atom is 0.00703 e. The normalized spacial score (nSPS) is 27.8. The van der Waals surface area contributed by atoms with Crippen LogP contribution in [0.4, 0.5) is 0 Å². The van der Waals surface area contributed by atoms with Crippen LogP contribution < -0.4 is 5.73 Å². The van der Waals surface area contributed by atoms with Gasteiger partial charge < -0.3 is 5.73 Å². The van der Waals surface area contributed by atoms with E-state index in [0.717, 1.165) is 5.92 Å². The molecule has 0 bridgehead atoms. The lowest BCUT2D eigenvalue weighted by Gasteiger charge is -2.14. The molecule has 2 rings (SSSR count). The van der Waals surface area contributed by atoms with Crippen molar-refractivity contribution in [2.75, 3.05) is 0 Å². The Morgan fingerprint density at radius 3 is 2.54 bits per heavy atom. The van der Waals surface area contributed by atoms with E-state index >= 15 is 0 Å². The quantitative estimate of drug-likeness (QED) is 0.733. The van der Waals surface area contributed by atoms with Gasteiger partial charge in [-0.3, -0.25) is 0 Å². The summed E-state index contributed by atoms with van der Waals surface area (Å²) in [6.07, 6.45) is 5.02. The summed E-state index contributed by atoms with van der Waals surface area (Å²) < 4.78 is 0. The van der Waals surface area contributed by atoms with Crippen molar-refractivity contribution in [3.8, 4) is 0 Å². The molecule has 1 aromatic carbocycles. The second-order valence-electron chi connectivity index (χ2n) is 4.04. The van der Waals surface area contributed by atoms with Crippen LogP contribution in [0.25, 0.3) is 0 Å². The lowest BCUT2D eigenvalue weighted by molar-refractivity contribution is 0.479. The van der Waals surface area contributed by atoms with E-state index in [0.29, 0.717) is 6.04 Å². The van der Waals surface area contributed by atoms with Crippen LogP contribution in [0.1, 0.15) is 24.8 Å². The van der Waals surface area contributed by atoms with Crippen LogP contribution in [0.2, 0.25) is 0 Å². The molecular weight excluding hydrogens is 158 g/mol. The van der Waals surface area contributed by atoms with Crippen LogP contribution in [0.3, 0.4) is 0 Å². The largest absolute Gasteiger partial charge is 0.327 e. The zero-order valence-corrected chi connectivity index (χ0v) is 7.95. The summed E-state index contributed by atoms with van der Waals surface area (Å²) in [6, 6.07) is 11.1. The van der Waals surface area contributed by atoms with Gasteiger partial charge in [-0.25, -0.2) is 0 Å². The van der Waals surface area contributed by atoms with Gasteiger partial charge in [0.1, 0.15) is 0 Å². The number of hydrogen-bond acceptors (Lipinski definition) is 1. The number of nitrogens with two attached hydrogens (primary N) is 1. The maximum atomic E-state index is 6.03. The molecule has 1 aliphatic rings. The van der Waals surface area contributed by atoms with Gasteiger partial charge in [0.05, 0.1) is 0 Å². The summed E-state index contributed by atoms with van der Waals surface area (Å²) in [5.74, 6) is 0.724. The second kappa shape index (κ2) is 3.93. The van der Waals surface area contributed by atoms with Crippen LogP contribution in [-0.2, 0) is 6.42 Å². The Labute approximate surface area is 80.0 Å². The van der Waals surface area contributed by atoms with Crippen LogP contribution >= 0.6 is 0 Å². The van der Waals surface area contributed by atoms with Crippen molar-refractivity contribution in [3.05, 3.63) is 35.9 Å². The molecule has 0 radical (unpaired) electrons. The molecule has 2 atom stereocenters. The molecule has 2 N–H and O–H groups in total. The van der Waals surface area contributed by atoms with Crippen LogP contribution in [0.15, 0.2) is 30.3 Å². The highest BCUT2D eigenvalue weighted by molar-refractivity contribution is 5.15. The third-order valence-corrected chi connectivity index (χ3v) is 3.06. The molecule has 0 unspecified atom stereocenters. The standard InChI is InChI=1S/C12H17N/c13-12-8-4-7-11(12)9-10-5-2-1-3-6-10/h1-3,5-6,11-12H,4,7-9,13H2/t11-,12-/m0/s1. The fraction of sp³-hybridized carbons (Fsp3) is 0.500. The van der Waals surface area contributed by atoms with E-state index in [9.17, 15) is 0 Å². The van der Waals surface area contributed by atoms with Gasteiger partial charge in [0.2, 0.25) is 0 Å². The van der Waals surface area contributed by atoms with E-state index in [4.69, 9.17) is 5.73 Å². The number of benzene rings is 1. The summed E-state index contributed by atoms with van der Waals surface area (Å²) in [6.45, 7) is 0. The molecular formula is C12H17N. The van der Waals surface area contributed by atoms with Crippen molar-refractivity contribution in [1.29, 1.82) is 0 Å². The van der Waals surface area contributed by atoms with Gasteiger partial charge in [-0.2, -0.15) is 0 Å². The highest BCUT2D eigenvalue weighted by atomic mass is 14.7. The summed E-state index contributed by atoms with van der Waals surface area (Å²) in [5.41, 5.74) is 7.46. The second-order valence-corrected chi connectivity index (χ2v) is 4.04. The van der Waals surface area contributed by atoms with Crippen molar-refractivity contribution in [2.24, 2.45) is 11.7 Å². The fourth-order valence-electron chi connectivity index (χ4n) is 2.24. The molecule has 1 saturated carbocycles. The Hall–Kier alpha value is -0.820. The van der Waals surface area contributed by atoms with E-state index in [1.807, 2.05) is 0 Å². The van der Waals surface area contributed by atoms with E-state index < -0.39 is 0 Å². The molecule has 0 aliphatic heterocycles. The highest BCUT2D eigenvalue weighted by Crippen LogP contribution is 2.27. The average Bonchev–Trinajstić information content (AvgIpc) is 2.54. The van der Waals surface area contributed by atoms with Gasteiger partial charge in [-0.05, 0) is 30.7 Å². The zero-order valence-electron chi connectivity index (χ0n) is 7.95. The highest BCUT2D eigenvalue weighted by Gasteiger charge is 2.23. The van der Waals surface area contributed by atoms with Gasteiger partial charge in [0.15, 0.2) is 0 Å². The lowest BCUT2D eigenvalue weighted by atomic mass is 9.95. The van der Waals surface area contributed by atoms with E-state index in [-0.39, 0.29) is 0 Å². The van der Waals surface area contributed by atoms with Crippen molar-refractivity contribution < 1.29 is 0 Å². The lowest BCUT2D eigenvalue weighted by Crippen LogP contribution is -2.25. The van der Waals surface area contributed by atoms with Gasteiger partial charge >= 0.3 is 0 Å². The fourth-order valence-corrected chi connectivity index (χ4v) is 2.24. The third kappa shape index (κ3) is 2.10. The first-order valence-corrected chi connectivity index (χ1v) is 5.16. The SMILES string of the molecule is N[C@H]1CCC[C@H]1Cc1ccccc1. The van der Waals surface area contributed by atoms with Crippen molar-refractivity contribution >= 4 is 0 Å². The van der Waals surface area contributed by atoms with Gasteiger partial charge in [-0.1, -0.05) is 36.8 Å². The first-order chi connectivity index (χ1) is 6.36. The summed E-state index contributed by atoms with van der Waals surface area (Å²) >= 11 is 0. The topological polar surface area (TPSA) is 26.0 Å². The predicted molar refractivity (Wildman–Crippen MR) is 55.5 cm³/mol. The molecule has 1 nitrogen and oxygen atoms in total. The third-order valence-electron chi connectivity index (χ3n) is 3.06. The van der Waals surface area contributed by atoms with Crippen LogP contribution in [-0.4, -0.2) is 6.04 Å². The number of hydrogen-bond donors (Lipinski definition) is 1. The van der Waals surface area contributed by atoms with E-state index in [1.54, 1.807) is 0 Å². The molecule has 0 aromatic heterocycles. The minimum Gasteiger partial charge on any atom is -0.327 e. The molecule has 0 amide bonds. The Bertz CT molecular complexity index is 255. The molecule has 1 fully saturated rings. The molecule has 1 heteroatoms. The van der Waals surface area contributed by atoms with Crippen molar-refractivity contribution in [2.45, 2.75) is 31.7 Å². The van der Waals surface area contributed by atoms with Gasteiger partial charge in [-0.15, -0.1) is 0 Å². The molecule has 0 heterocycles. The minimum atomic E-state index is 0.445. The maximum absolute atomic E-state index is 6.03. The Balaban J connectivity index is 1.98. The predicted octanol–water partition coefficient (Wildman–Crippen LogP) is 2.36. The van der Waals surface area contributed by atoms with Crippen LogP contribution in [0, 0.1) is 5.92 Å². The first-order valence-electron chi connectivity index (χ1n) is 5.16. The van der Waals surface area contributed by atoms with Gasteiger partial charge in [0, 0.05) is 6.04 Å². The molecule has 70 valence electrons. The molecule has 1 aliphatic carbocycles. The zero-order chi connectivity index (χ0) is 9.10. The average molecular weight is 175 g/mol.